The van der Waals surface area contributed by atoms with Crippen LogP contribution in [0.4, 0.5) is 0 Å². The molecule has 0 aliphatic rings. The first-order valence-electron chi connectivity index (χ1n) is 2.10. The zero-order valence-corrected chi connectivity index (χ0v) is 6.00. The van der Waals surface area contributed by atoms with Crippen molar-refractivity contribution in [1.82, 2.24) is 0 Å². The van der Waals surface area contributed by atoms with E-state index in [1.165, 1.54) is 0 Å². The van der Waals surface area contributed by atoms with E-state index in [0.29, 0.717) is 0 Å². The van der Waals surface area contributed by atoms with Gasteiger partial charge in [-0.15, -0.1) is 29.6 Å². The fourth-order valence-corrected chi connectivity index (χ4v) is 0.615. The molecule has 0 aromatic carbocycles. The van der Waals surface area contributed by atoms with Gasteiger partial charge in [0.1, 0.15) is 4.84 Å². The van der Waals surface area contributed by atoms with Crippen molar-refractivity contribution in [3.05, 3.63) is 11.6 Å². The van der Waals surface area contributed by atoms with Gasteiger partial charge in [0.25, 0.3) is 0 Å². The minimum atomic E-state index is -0.481. The summed E-state index contributed by atoms with van der Waals surface area (Å²) in [7, 11) is 0. The number of hydrogen-bond acceptors (Lipinski definition) is 0. The van der Waals surface area contributed by atoms with Crippen LogP contribution in [0.15, 0.2) is 11.6 Å². The average molecular weight is 149 g/mol. The van der Waals surface area contributed by atoms with E-state index in [0.717, 1.165) is 5.57 Å². The van der Waals surface area contributed by atoms with E-state index in [1.807, 2.05) is 0 Å². The molecule has 0 saturated heterocycles. The standard InChI is InChI=1S/C6H6Cl2/c1-3-5(2)4-6(7)8/h1,4,6H,2H3/b5-4+. The highest BCUT2D eigenvalue weighted by Crippen LogP contribution is 2.05. The van der Waals surface area contributed by atoms with Crippen molar-refractivity contribution in [2.75, 3.05) is 0 Å². The highest BCUT2D eigenvalue weighted by molar-refractivity contribution is 6.45. The number of alkyl halides is 2. The molecule has 0 fully saturated rings. The molecule has 0 aliphatic carbocycles. The molecule has 0 rings (SSSR count). The van der Waals surface area contributed by atoms with Crippen LogP contribution in [0.2, 0.25) is 0 Å². The molecule has 0 spiro atoms. The largest absolute Gasteiger partial charge is 0.127 e. The second-order valence-corrected chi connectivity index (χ2v) is 2.49. The molecule has 0 atom stereocenters. The van der Waals surface area contributed by atoms with E-state index >= 15 is 0 Å². The van der Waals surface area contributed by atoms with Crippen LogP contribution in [0.5, 0.6) is 0 Å². The normalized spacial score (nSPS) is 11.6. The molecule has 0 aromatic heterocycles. The monoisotopic (exact) mass is 148 g/mol. The number of allylic oxidation sites excluding steroid dienone is 2. The van der Waals surface area contributed by atoms with E-state index in [1.54, 1.807) is 13.0 Å². The van der Waals surface area contributed by atoms with Crippen molar-refractivity contribution >= 4 is 23.2 Å². The Morgan fingerprint density at radius 2 is 2.25 bits per heavy atom. The van der Waals surface area contributed by atoms with Crippen molar-refractivity contribution < 1.29 is 0 Å². The van der Waals surface area contributed by atoms with Crippen molar-refractivity contribution in [3.63, 3.8) is 0 Å². The minimum Gasteiger partial charge on any atom is -0.115 e. The summed E-state index contributed by atoms with van der Waals surface area (Å²) in [6.07, 6.45) is 6.59. The van der Waals surface area contributed by atoms with Crippen LogP contribution in [0.3, 0.4) is 0 Å². The Bertz CT molecular complexity index is 128. The van der Waals surface area contributed by atoms with Crippen LogP contribution in [-0.2, 0) is 0 Å². The van der Waals surface area contributed by atoms with E-state index in [9.17, 15) is 0 Å². The van der Waals surface area contributed by atoms with Gasteiger partial charge in [-0.2, -0.15) is 0 Å². The fourth-order valence-electron chi connectivity index (χ4n) is 0.237. The van der Waals surface area contributed by atoms with E-state index in [4.69, 9.17) is 29.6 Å². The maximum absolute atomic E-state index is 5.34. The van der Waals surface area contributed by atoms with Crippen LogP contribution in [-0.4, -0.2) is 4.84 Å². The van der Waals surface area contributed by atoms with Crippen LogP contribution >= 0.6 is 23.2 Å². The van der Waals surface area contributed by atoms with E-state index < -0.39 is 4.84 Å². The second kappa shape index (κ2) is 3.83. The predicted octanol–water partition coefficient (Wildman–Crippen LogP) is 2.37. The molecule has 0 aliphatic heterocycles. The van der Waals surface area contributed by atoms with Crippen molar-refractivity contribution in [3.8, 4) is 12.3 Å². The van der Waals surface area contributed by atoms with Gasteiger partial charge in [-0.25, -0.2) is 0 Å². The van der Waals surface area contributed by atoms with Gasteiger partial charge in [0.05, 0.1) is 0 Å². The van der Waals surface area contributed by atoms with Gasteiger partial charge < -0.3 is 0 Å². The lowest BCUT2D eigenvalue weighted by molar-refractivity contribution is 1.47. The highest BCUT2D eigenvalue weighted by Gasteiger charge is 1.89. The summed E-state index contributed by atoms with van der Waals surface area (Å²) in [5.74, 6) is 2.39. The second-order valence-electron chi connectivity index (χ2n) is 1.33. The van der Waals surface area contributed by atoms with Gasteiger partial charge in [-0.3, -0.25) is 0 Å². The van der Waals surface area contributed by atoms with Crippen molar-refractivity contribution in [2.45, 2.75) is 11.8 Å². The number of rotatable bonds is 1. The summed E-state index contributed by atoms with van der Waals surface area (Å²) < 4.78 is 0. The molecular formula is C6H6Cl2. The maximum Gasteiger partial charge on any atom is 0.127 e. The lowest BCUT2D eigenvalue weighted by Gasteiger charge is -1.88. The smallest absolute Gasteiger partial charge is 0.115 e. The zero-order valence-electron chi connectivity index (χ0n) is 4.49. The first-order valence-corrected chi connectivity index (χ1v) is 2.97. The van der Waals surface area contributed by atoms with E-state index in [-0.39, 0.29) is 0 Å². The number of halogens is 2. The Balaban J connectivity index is 3.80. The minimum absolute atomic E-state index is 0.481. The summed E-state index contributed by atoms with van der Waals surface area (Å²) in [5, 5.41) is 0. The number of hydrogen-bond donors (Lipinski definition) is 0. The molecule has 0 N–H and O–H groups in total. The van der Waals surface area contributed by atoms with Gasteiger partial charge >= 0.3 is 0 Å². The summed E-state index contributed by atoms with van der Waals surface area (Å²) in [4.78, 5) is -0.481. The average Bonchev–Trinajstić information content (AvgIpc) is 1.65. The topological polar surface area (TPSA) is 0 Å². The van der Waals surface area contributed by atoms with Gasteiger partial charge in [0, 0.05) is 0 Å². The third-order valence-corrected chi connectivity index (χ3v) is 0.856. The van der Waals surface area contributed by atoms with Gasteiger partial charge in [-0.05, 0) is 18.6 Å². The Morgan fingerprint density at radius 3 is 2.38 bits per heavy atom. The molecule has 2 heteroatoms. The summed E-state index contributed by atoms with van der Waals surface area (Å²) in [6.45, 7) is 1.78. The quantitative estimate of drug-likeness (QED) is 0.396. The highest BCUT2D eigenvalue weighted by atomic mass is 35.5. The van der Waals surface area contributed by atoms with Gasteiger partial charge in [-0.1, -0.05) is 5.92 Å². The Kier molecular flexibility index (Phi) is 3.77. The first kappa shape index (κ1) is 7.88. The molecule has 0 saturated carbocycles. The van der Waals surface area contributed by atoms with Crippen molar-refractivity contribution in [1.29, 1.82) is 0 Å². The predicted molar refractivity (Wildman–Crippen MR) is 38.1 cm³/mol. The molecule has 0 aromatic rings. The SMILES string of the molecule is C#C/C(C)=C/C(Cl)Cl. The van der Waals surface area contributed by atoms with Gasteiger partial charge in [0.2, 0.25) is 0 Å². The molecule has 44 valence electrons. The third-order valence-electron chi connectivity index (χ3n) is 0.604. The van der Waals surface area contributed by atoms with E-state index in [2.05, 4.69) is 5.92 Å². The summed E-state index contributed by atoms with van der Waals surface area (Å²) >= 11 is 10.7. The summed E-state index contributed by atoms with van der Waals surface area (Å²) in [6, 6.07) is 0. The molecular weight excluding hydrogens is 143 g/mol. The summed E-state index contributed by atoms with van der Waals surface area (Å²) in [5.41, 5.74) is 0.764. The van der Waals surface area contributed by atoms with Crippen LogP contribution in [0, 0.1) is 12.3 Å². The Morgan fingerprint density at radius 1 is 1.75 bits per heavy atom. The molecule has 0 heterocycles. The molecule has 0 nitrogen and oxygen atoms in total. The van der Waals surface area contributed by atoms with Crippen molar-refractivity contribution in [2.24, 2.45) is 0 Å². The molecule has 0 radical (unpaired) electrons. The lowest BCUT2D eigenvalue weighted by Crippen LogP contribution is -1.78. The Hall–Kier alpha value is -0.120. The molecule has 0 unspecified atom stereocenters. The zero-order chi connectivity index (χ0) is 6.57. The van der Waals surface area contributed by atoms with Gasteiger partial charge in [0.15, 0.2) is 0 Å². The third kappa shape index (κ3) is 4.05. The first-order chi connectivity index (χ1) is 3.66. The lowest BCUT2D eigenvalue weighted by atomic mass is 10.3. The number of terminal acetylenes is 1. The van der Waals surface area contributed by atoms with Crippen LogP contribution in [0.1, 0.15) is 6.92 Å². The molecule has 8 heavy (non-hydrogen) atoms. The fraction of sp³-hybridized carbons (Fsp3) is 0.333. The Labute approximate surface area is 59.5 Å². The maximum atomic E-state index is 5.34. The molecule has 0 bridgehead atoms. The van der Waals surface area contributed by atoms with Crippen LogP contribution < -0.4 is 0 Å². The van der Waals surface area contributed by atoms with Crippen LogP contribution in [0.25, 0.3) is 0 Å². The molecule has 0 amide bonds.